The van der Waals surface area contributed by atoms with Gasteiger partial charge < -0.3 is 14.8 Å². The molecule has 0 spiro atoms. The van der Waals surface area contributed by atoms with E-state index in [9.17, 15) is 0 Å². The predicted octanol–water partition coefficient (Wildman–Crippen LogP) is 3.83. The minimum Gasteiger partial charge on any atom is -0.497 e. The maximum Gasteiger partial charge on any atom is 0.122 e. The van der Waals surface area contributed by atoms with Crippen molar-refractivity contribution in [3.63, 3.8) is 0 Å². The predicted molar refractivity (Wildman–Crippen MR) is 84.9 cm³/mol. The van der Waals surface area contributed by atoms with Crippen LogP contribution in [0.4, 0.5) is 0 Å². The summed E-state index contributed by atoms with van der Waals surface area (Å²) >= 11 is 0. The molecular weight excluding hydrogens is 250 g/mol. The highest BCUT2D eigenvalue weighted by Crippen LogP contribution is 2.31. The van der Waals surface area contributed by atoms with Gasteiger partial charge in [0, 0.05) is 11.6 Å². The highest BCUT2D eigenvalue weighted by molar-refractivity contribution is 5.40. The minimum absolute atomic E-state index is 0.153. The third kappa shape index (κ3) is 5.04. The van der Waals surface area contributed by atoms with Gasteiger partial charge in [0.1, 0.15) is 11.5 Å². The van der Waals surface area contributed by atoms with Crippen LogP contribution in [0, 0.1) is 5.92 Å². The van der Waals surface area contributed by atoms with Crippen LogP contribution in [-0.4, -0.2) is 26.3 Å². The van der Waals surface area contributed by atoms with Gasteiger partial charge >= 0.3 is 0 Å². The Morgan fingerprint density at radius 1 is 1.00 bits per heavy atom. The van der Waals surface area contributed by atoms with E-state index in [2.05, 4.69) is 52.1 Å². The molecule has 0 bridgehead atoms. The second-order valence-electron chi connectivity index (χ2n) is 6.54. The minimum atomic E-state index is 0.153. The molecule has 0 saturated carbocycles. The largest absolute Gasteiger partial charge is 0.497 e. The molecule has 2 atom stereocenters. The first kappa shape index (κ1) is 16.8. The molecule has 1 aromatic carbocycles. The first-order valence-electron chi connectivity index (χ1n) is 7.25. The molecule has 1 rings (SSSR count). The molecule has 3 heteroatoms. The lowest BCUT2D eigenvalue weighted by Crippen LogP contribution is -2.39. The quantitative estimate of drug-likeness (QED) is 0.858. The van der Waals surface area contributed by atoms with Gasteiger partial charge in [-0.25, -0.2) is 0 Å². The van der Waals surface area contributed by atoms with E-state index in [-0.39, 0.29) is 5.54 Å². The summed E-state index contributed by atoms with van der Waals surface area (Å²) in [5.41, 5.74) is 1.41. The summed E-state index contributed by atoms with van der Waals surface area (Å²) in [6.07, 6.45) is 0. The van der Waals surface area contributed by atoms with E-state index >= 15 is 0 Å². The highest BCUT2D eigenvalue weighted by atomic mass is 16.5. The molecule has 114 valence electrons. The molecule has 0 aromatic heterocycles. The Balaban J connectivity index is 2.82. The van der Waals surface area contributed by atoms with Gasteiger partial charge in [-0.3, -0.25) is 0 Å². The number of ether oxygens (including phenoxy) is 2. The van der Waals surface area contributed by atoms with E-state index in [1.165, 1.54) is 5.56 Å². The van der Waals surface area contributed by atoms with Gasteiger partial charge in [-0.1, -0.05) is 13.8 Å². The average Bonchev–Trinajstić information content (AvgIpc) is 2.42. The van der Waals surface area contributed by atoms with Crippen LogP contribution in [0.15, 0.2) is 18.2 Å². The molecule has 0 fully saturated rings. The second-order valence-corrected chi connectivity index (χ2v) is 6.54. The van der Waals surface area contributed by atoms with Crippen LogP contribution in [0.1, 0.15) is 46.1 Å². The van der Waals surface area contributed by atoms with Gasteiger partial charge in [-0.15, -0.1) is 0 Å². The van der Waals surface area contributed by atoms with Crippen molar-refractivity contribution in [2.45, 2.75) is 46.1 Å². The maximum atomic E-state index is 5.35. The Kier molecular flexibility index (Phi) is 5.88. The molecule has 0 amide bonds. The van der Waals surface area contributed by atoms with Gasteiger partial charge in [-0.2, -0.15) is 0 Å². The Morgan fingerprint density at radius 3 is 1.90 bits per heavy atom. The molecule has 1 aromatic rings. The van der Waals surface area contributed by atoms with Crippen LogP contribution in [0.2, 0.25) is 0 Å². The normalized spacial score (nSPS) is 14.8. The van der Waals surface area contributed by atoms with Gasteiger partial charge in [0.05, 0.1) is 14.2 Å². The molecule has 2 unspecified atom stereocenters. The zero-order valence-corrected chi connectivity index (χ0v) is 13.9. The van der Waals surface area contributed by atoms with Crippen LogP contribution >= 0.6 is 0 Å². The molecule has 1 N–H and O–H groups in total. The summed E-state index contributed by atoms with van der Waals surface area (Å²) in [5.74, 6) is 2.67. The van der Waals surface area contributed by atoms with Crippen molar-refractivity contribution >= 4 is 0 Å². The fraction of sp³-hybridized carbons (Fsp3) is 0.647. The Labute approximate surface area is 123 Å². The fourth-order valence-corrected chi connectivity index (χ4v) is 2.06. The molecule has 0 heterocycles. The van der Waals surface area contributed by atoms with Gasteiger partial charge in [0.25, 0.3) is 0 Å². The topological polar surface area (TPSA) is 30.5 Å². The van der Waals surface area contributed by atoms with Crippen molar-refractivity contribution in [2.24, 2.45) is 5.92 Å². The molecule has 0 radical (unpaired) electrons. The van der Waals surface area contributed by atoms with Crippen molar-refractivity contribution in [3.05, 3.63) is 23.8 Å². The lowest BCUT2D eigenvalue weighted by atomic mass is 9.88. The molecule has 20 heavy (non-hydrogen) atoms. The number of hydrogen-bond donors (Lipinski definition) is 1. The van der Waals surface area contributed by atoms with E-state index in [4.69, 9.17) is 9.47 Å². The van der Waals surface area contributed by atoms with Crippen LogP contribution in [0.3, 0.4) is 0 Å². The Bertz CT molecular complexity index is 401. The van der Waals surface area contributed by atoms with E-state index in [0.29, 0.717) is 11.8 Å². The van der Waals surface area contributed by atoms with Gasteiger partial charge in [0.15, 0.2) is 0 Å². The summed E-state index contributed by atoms with van der Waals surface area (Å²) in [4.78, 5) is 0. The summed E-state index contributed by atoms with van der Waals surface area (Å²) in [5, 5.41) is 3.57. The molecular formula is C17H29NO2. The zero-order chi connectivity index (χ0) is 15.3. The van der Waals surface area contributed by atoms with Crippen molar-refractivity contribution < 1.29 is 9.47 Å². The molecule has 0 aliphatic rings. The van der Waals surface area contributed by atoms with E-state index in [1.807, 2.05) is 6.07 Å². The lowest BCUT2D eigenvalue weighted by Gasteiger charge is -2.27. The first-order chi connectivity index (χ1) is 9.26. The summed E-state index contributed by atoms with van der Waals surface area (Å²) in [7, 11) is 3.38. The van der Waals surface area contributed by atoms with Crippen molar-refractivity contribution in [1.29, 1.82) is 0 Å². The van der Waals surface area contributed by atoms with E-state index < -0.39 is 0 Å². The lowest BCUT2D eigenvalue weighted by molar-refractivity contribution is 0.356. The number of rotatable bonds is 6. The third-order valence-electron chi connectivity index (χ3n) is 3.71. The van der Waals surface area contributed by atoms with Crippen molar-refractivity contribution in [1.82, 2.24) is 5.32 Å². The Morgan fingerprint density at radius 2 is 1.50 bits per heavy atom. The van der Waals surface area contributed by atoms with Gasteiger partial charge in [-0.05, 0) is 56.8 Å². The van der Waals surface area contributed by atoms with Crippen LogP contribution < -0.4 is 14.8 Å². The molecule has 0 aliphatic heterocycles. The summed E-state index contributed by atoms with van der Waals surface area (Å²) < 4.78 is 10.7. The van der Waals surface area contributed by atoms with E-state index in [1.54, 1.807) is 14.2 Å². The van der Waals surface area contributed by atoms with Crippen molar-refractivity contribution in [2.75, 3.05) is 20.8 Å². The first-order valence-corrected chi connectivity index (χ1v) is 7.25. The molecule has 0 saturated heterocycles. The standard InChI is InChI=1S/C17H29NO2/c1-12(11-18-17(3,4)5)13(2)14-8-15(19-6)10-16(9-14)20-7/h8-10,12-13,18H,11H2,1-7H3. The smallest absolute Gasteiger partial charge is 0.122 e. The third-order valence-corrected chi connectivity index (χ3v) is 3.71. The number of methoxy groups -OCH3 is 2. The van der Waals surface area contributed by atoms with E-state index in [0.717, 1.165) is 18.0 Å². The van der Waals surface area contributed by atoms with Crippen LogP contribution in [0.25, 0.3) is 0 Å². The average molecular weight is 279 g/mol. The summed E-state index contributed by atoms with van der Waals surface area (Å²) in [6, 6.07) is 6.11. The summed E-state index contributed by atoms with van der Waals surface area (Å²) in [6.45, 7) is 12.1. The van der Waals surface area contributed by atoms with Crippen LogP contribution in [-0.2, 0) is 0 Å². The Hall–Kier alpha value is -1.22. The SMILES string of the molecule is COc1cc(OC)cc(C(C)C(C)CNC(C)(C)C)c1. The number of nitrogens with one attached hydrogen (secondary N) is 1. The highest BCUT2D eigenvalue weighted by Gasteiger charge is 2.18. The van der Waals surface area contributed by atoms with Gasteiger partial charge in [0.2, 0.25) is 0 Å². The number of hydrogen-bond acceptors (Lipinski definition) is 3. The molecule has 0 aliphatic carbocycles. The number of benzene rings is 1. The zero-order valence-electron chi connectivity index (χ0n) is 13.9. The fourth-order valence-electron chi connectivity index (χ4n) is 2.06. The molecule has 3 nitrogen and oxygen atoms in total. The van der Waals surface area contributed by atoms with Crippen LogP contribution in [0.5, 0.6) is 11.5 Å². The van der Waals surface area contributed by atoms with Crippen molar-refractivity contribution in [3.8, 4) is 11.5 Å². The second kappa shape index (κ2) is 6.98. The maximum absolute atomic E-state index is 5.35. The monoisotopic (exact) mass is 279 g/mol.